The molecule has 1 aromatic heterocycles. The molecule has 0 aliphatic rings. The van der Waals surface area contributed by atoms with Crippen molar-refractivity contribution in [2.24, 2.45) is 0 Å². The predicted molar refractivity (Wildman–Crippen MR) is 80.2 cm³/mol. The second-order valence-corrected chi connectivity index (χ2v) is 5.28. The lowest BCUT2D eigenvalue weighted by Gasteiger charge is -2.14. The molecule has 0 saturated heterocycles. The molecule has 0 spiro atoms. The molecule has 3 nitrogen and oxygen atoms in total. The maximum absolute atomic E-state index is 5.04. The number of halogens is 1. The van der Waals surface area contributed by atoms with Gasteiger partial charge in [0.25, 0.3) is 0 Å². The summed E-state index contributed by atoms with van der Waals surface area (Å²) in [7, 11) is 1.62. The third-order valence-corrected chi connectivity index (χ3v) is 3.46. The molecular formula is C15H17BrN2O. The molecule has 0 aliphatic heterocycles. The monoisotopic (exact) mass is 320 g/mol. The molecule has 1 heterocycles. The van der Waals surface area contributed by atoms with E-state index in [1.54, 1.807) is 7.11 Å². The summed E-state index contributed by atoms with van der Waals surface area (Å²) in [4.78, 5) is 4.19. The third-order valence-electron chi connectivity index (χ3n) is 2.97. The van der Waals surface area contributed by atoms with Gasteiger partial charge in [-0.2, -0.15) is 0 Å². The summed E-state index contributed by atoms with van der Waals surface area (Å²) in [6.45, 7) is 2.93. The number of pyridine rings is 1. The van der Waals surface area contributed by atoms with E-state index in [2.05, 4.69) is 45.3 Å². The van der Waals surface area contributed by atoms with Gasteiger partial charge in [-0.1, -0.05) is 34.1 Å². The molecule has 0 saturated carbocycles. The molecular weight excluding hydrogens is 304 g/mol. The van der Waals surface area contributed by atoms with E-state index in [1.807, 2.05) is 30.5 Å². The van der Waals surface area contributed by atoms with Crippen LogP contribution in [0, 0.1) is 0 Å². The standard InChI is InChI=1S/C15H17BrN2O/c1-11(13-4-3-5-14(16)8-13)17-9-12-6-7-15(19-2)18-10-12/h3-8,10-11,17H,9H2,1-2H3/t11-/m0/s1. The highest BCUT2D eigenvalue weighted by Gasteiger charge is 2.05. The van der Waals surface area contributed by atoms with E-state index in [4.69, 9.17) is 4.74 Å². The minimum Gasteiger partial charge on any atom is -0.481 e. The van der Waals surface area contributed by atoms with Crippen molar-refractivity contribution >= 4 is 15.9 Å². The topological polar surface area (TPSA) is 34.1 Å². The van der Waals surface area contributed by atoms with Gasteiger partial charge in [0.1, 0.15) is 0 Å². The Labute approximate surface area is 122 Å². The van der Waals surface area contributed by atoms with Gasteiger partial charge in [0.15, 0.2) is 0 Å². The normalized spacial score (nSPS) is 12.2. The van der Waals surface area contributed by atoms with Crippen molar-refractivity contribution in [3.63, 3.8) is 0 Å². The first-order chi connectivity index (χ1) is 9.19. The first-order valence-electron chi connectivity index (χ1n) is 6.17. The first-order valence-corrected chi connectivity index (χ1v) is 6.96. The third kappa shape index (κ3) is 4.04. The summed E-state index contributed by atoms with van der Waals surface area (Å²) >= 11 is 3.49. The van der Waals surface area contributed by atoms with Crippen molar-refractivity contribution in [3.05, 3.63) is 58.2 Å². The molecule has 19 heavy (non-hydrogen) atoms. The lowest BCUT2D eigenvalue weighted by Crippen LogP contribution is -2.18. The van der Waals surface area contributed by atoms with Crippen LogP contribution in [0.4, 0.5) is 0 Å². The largest absolute Gasteiger partial charge is 0.481 e. The molecule has 0 aliphatic carbocycles. The van der Waals surface area contributed by atoms with Crippen molar-refractivity contribution in [1.82, 2.24) is 10.3 Å². The molecule has 2 rings (SSSR count). The van der Waals surface area contributed by atoms with Gasteiger partial charge in [-0.3, -0.25) is 0 Å². The Balaban J connectivity index is 1.94. The summed E-state index contributed by atoms with van der Waals surface area (Å²) in [5, 5.41) is 3.48. The van der Waals surface area contributed by atoms with E-state index in [0.717, 1.165) is 16.6 Å². The molecule has 1 aromatic carbocycles. The number of hydrogen-bond acceptors (Lipinski definition) is 3. The number of nitrogens with zero attached hydrogens (tertiary/aromatic N) is 1. The second-order valence-electron chi connectivity index (χ2n) is 4.37. The van der Waals surface area contributed by atoms with E-state index in [0.29, 0.717) is 11.9 Å². The van der Waals surface area contributed by atoms with Crippen molar-refractivity contribution < 1.29 is 4.74 Å². The quantitative estimate of drug-likeness (QED) is 0.912. The number of hydrogen-bond donors (Lipinski definition) is 1. The number of ether oxygens (including phenoxy) is 1. The Hall–Kier alpha value is -1.39. The van der Waals surface area contributed by atoms with E-state index < -0.39 is 0 Å². The van der Waals surface area contributed by atoms with Crippen molar-refractivity contribution in [2.75, 3.05) is 7.11 Å². The molecule has 1 atom stereocenters. The predicted octanol–water partition coefficient (Wildman–Crippen LogP) is 3.70. The van der Waals surface area contributed by atoms with Crippen LogP contribution in [-0.4, -0.2) is 12.1 Å². The SMILES string of the molecule is COc1ccc(CN[C@@H](C)c2cccc(Br)c2)cn1. The van der Waals surface area contributed by atoms with Crippen molar-refractivity contribution in [3.8, 4) is 5.88 Å². The summed E-state index contributed by atoms with van der Waals surface area (Å²) in [6.07, 6.45) is 1.83. The fraction of sp³-hybridized carbons (Fsp3) is 0.267. The van der Waals surface area contributed by atoms with Crippen LogP contribution in [0.25, 0.3) is 0 Å². The summed E-state index contributed by atoms with van der Waals surface area (Å²) in [5.41, 5.74) is 2.40. The molecule has 0 fully saturated rings. The Bertz CT molecular complexity index is 528. The first kappa shape index (κ1) is 14.0. The minimum atomic E-state index is 0.291. The van der Waals surface area contributed by atoms with E-state index in [-0.39, 0.29) is 0 Å². The number of nitrogens with one attached hydrogen (secondary N) is 1. The molecule has 0 radical (unpaired) electrons. The molecule has 0 bridgehead atoms. The van der Waals surface area contributed by atoms with Crippen LogP contribution in [0.3, 0.4) is 0 Å². The van der Waals surface area contributed by atoms with Gasteiger partial charge in [0.05, 0.1) is 7.11 Å². The van der Waals surface area contributed by atoms with Crippen LogP contribution in [0.2, 0.25) is 0 Å². The Morgan fingerprint density at radius 2 is 2.16 bits per heavy atom. The van der Waals surface area contributed by atoms with E-state index >= 15 is 0 Å². The lowest BCUT2D eigenvalue weighted by molar-refractivity contribution is 0.397. The smallest absolute Gasteiger partial charge is 0.212 e. The molecule has 0 amide bonds. The van der Waals surface area contributed by atoms with Crippen LogP contribution in [-0.2, 0) is 6.54 Å². The van der Waals surface area contributed by atoms with Gasteiger partial charge in [0, 0.05) is 29.3 Å². The average Bonchev–Trinajstić information content (AvgIpc) is 2.45. The highest BCUT2D eigenvalue weighted by atomic mass is 79.9. The number of rotatable bonds is 5. The molecule has 100 valence electrons. The van der Waals surface area contributed by atoms with Gasteiger partial charge in [-0.15, -0.1) is 0 Å². The maximum atomic E-state index is 5.04. The van der Waals surface area contributed by atoms with Crippen LogP contribution in [0.5, 0.6) is 5.88 Å². The zero-order chi connectivity index (χ0) is 13.7. The molecule has 1 N–H and O–H groups in total. The van der Waals surface area contributed by atoms with E-state index in [1.165, 1.54) is 5.56 Å². The Morgan fingerprint density at radius 3 is 2.79 bits per heavy atom. The zero-order valence-corrected chi connectivity index (χ0v) is 12.6. The van der Waals surface area contributed by atoms with Gasteiger partial charge in [-0.05, 0) is 30.2 Å². The Morgan fingerprint density at radius 1 is 1.32 bits per heavy atom. The van der Waals surface area contributed by atoms with Gasteiger partial charge >= 0.3 is 0 Å². The summed E-state index contributed by atoms with van der Waals surface area (Å²) in [5.74, 6) is 0.642. The van der Waals surface area contributed by atoms with Crippen LogP contribution in [0.15, 0.2) is 47.1 Å². The molecule has 0 unspecified atom stereocenters. The van der Waals surface area contributed by atoms with Crippen LogP contribution >= 0.6 is 15.9 Å². The summed E-state index contributed by atoms with van der Waals surface area (Å²) < 4.78 is 6.14. The number of methoxy groups -OCH3 is 1. The van der Waals surface area contributed by atoms with Crippen molar-refractivity contribution in [1.29, 1.82) is 0 Å². The van der Waals surface area contributed by atoms with Gasteiger partial charge < -0.3 is 10.1 Å². The van der Waals surface area contributed by atoms with Crippen LogP contribution < -0.4 is 10.1 Å². The maximum Gasteiger partial charge on any atom is 0.212 e. The lowest BCUT2D eigenvalue weighted by atomic mass is 10.1. The van der Waals surface area contributed by atoms with Crippen molar-refractivity contribution in [2.45, 2.75) is 19.5 Å². The van der Waals surface area contributed by atoms with Gasteiger partial charge in [-0.25, -0.2) is 4.98 Å². The van der Waals surface area contributed by atoms with Crippen LogP contribution in [0.1, 0.15) is 24.1 Å². The highest BCUT2D eigenvalue weighted by molar-refractivity contribution is 9.10. The average molecular weight is 321 g/mol. The fourth-order valence-corrected chi connectivity index (χ4v) is 2.22. The molecule has 4 heteroatoms. The fourth-order valence-electron chi connectivity index (χ4n) is 1.80. The second kappa shape index (κ2) is 6.68. The number of aromatic nitrogens is 1. The van der Waals surface area contributed by atoms with Gasteiger partial charge in [0.2, 0.25) is 5.88 Å². The zero-order valence-electron chi connectivity index (χ0n) is 11.1. The number of benzene rings is 1. The molecule has 2 aromatic rings. The Kier molecular flexibility index (Phi) is 4.93. The van der Waals surface area contributed by atoms with E-state index in [9.17, 15) is 0 Å². The summed E-state index contributed by atoms with van der Waals surface area (Å²) in [6, 6.07) is 12.5. The minimum absolute atomic E-state index is 0.291. The highest BCUT2D eigenvalue weighted by Crippen LogP contribution is 2.18.